The average Bonchev–Trinajstić information content (AvgIpc) is 2.86. The predicted octanol–water partition coefficient (Wildman–Crippen LogP) is 0.281. The first kappa shape index (κ1) is 31.4. The van der Waals surface area contributed by atoms with Crippen LogP contribution in [0.25, 0.3) is 33.4 Å². The van der Waals surface area contributed by atoms with E-state index in [1.165, 1.54) is 6.07 Å². The standard InChI is InChI=1S/C27H30N2O7S2.Na/c1-5-28(4)17-18-8-11-21-24(14-18)36-25-15-19(29(6-2)7-3)9-12-22(25)27(21)23-13-10-20(37(30,31)32)16-26(23)38(33,34)35;/h8-16H,5-7,17H2,1-4H3,(H-,30,31,32,33,34,35);/q;+1/p-1. The molecule has 39 heavy (non-hydrogen) atoms. The van der Waals surface area contributed by atoms with Gasteiger partial charge in [-0.1, -0.05) is 25.1 Å². The maximum Gasteiger partial charge on any atom is 1.00 e. The van der Waals surface area contributed by atoms with Crippen LogP contribution in [-0.2, 0) is 26.8 Å². The van der Waals surface area contributed by atoms with Crippen molar-refractivity contribution >= 4 is 31.2 Å². The minimum absolute atomic E-state index is 0. The summed E-state index contributed by atoms with van der Waals surface area (Å²) in [5, 5.41) is 1.45. The molecule has 1 aliphatic carbocycles. The van der Waals surface area contributed by atoms with Gasteiger partial charge in [0.1, 0.15) is 44.7 Å². The monoisotopic (exact) mass is 580 g/mol. The Labute approximate surface area is 250 Å². The van der Waals surface area contributed by atoms with E-state index in [4.69, 9.17) is 4.42 Å². The molecule has 202 valence electrons. The molecule has 0 N–H and O–H groups in total. The third-order valence-corrected chi connectivity index (χ3v) is 8.38. The van der Waals surface area contributed by atoms with E-state index in [0.29, 0.717) is 40.5 Å². The van der Waals surface area contributed by atoms with Gasteiger partial charge in [-0.2, -0.15) is 0 Å². The maximum atomic E-state index is 12.3. The molecule has 9 nitrogen and oxygen atoms in total. The molecular weight excluding hydrogens is 551 g/mol. The van der Waals surface area contributed by atoms with Crippen LogP contribution in [0.1, 0.15) is 26.3 Å². The van der Waals surface area contributed by atoms with Gasteiger partial charge in [-0.25, -0.2) is 21.4 Å². The summed E-state index contributed by atoms with van der Waals surface area (Å²) in [6, 6.07) is 13.9. The second kappa shape index (κ2) is 12.2. The molecule has 0 aromatic heterocycles. The van der Waals surface area contributed by atoms with Crippen LogP contribution in [0, 0.1) is 0 Å². The number of rotatable bonds is 8. The molecule has 2 aliphatic rings. The number of fused-ring (bicyclic) bond motifs is 2. The second-order valence-corrected chi connectivity index (χ2v) is 11.8. The molecule has 0 saturated heterocycles. The Kier molecular flexibility index (Phi) is 9.83. The minimum Gasteiger partial charge on any atom is -0.744 e. The molecule has 0 amide bonds. The molecular formula is C27H29N2NaO7S2. The van der Waals surface area contributed by atoms with Crippen molar-refractivity contribution in [1.29, 1.82) is 0 Å². The van der Waals surface area contributed by atoms with Crippen molar-refractivity contribution in [2.24, 2.45) is 0 Å². The van der Waals surface area contributed by atoms with Crippen molar-refractivity contribution in [3.05, 3.63) is 65.5 Å². The smallest absolute Gasteiger partial charge is 0.744 e. The van der Waals surface area contributed by atoms with Gasteiger partial charge in [-0.15, -0.1) is 0 Å². The third-order valence-electron chi connectivity index (χ3n) is 6.67. The first-order valence-corrected chi connectivity index (χ1v) is 15.0. The van der Waals surface area contributed by atoms with E-state index in [1.807, 2.05) is 52.1 Å². The Balaban J connectivity index is 0.00000420. The van der Waals surface area contributed by atoms with E-state index in [1.54, 1.807) is 12.1 Å². The van der Waals surface area contributed by atoms with Crippen LogP contribution in [0.4, 0.5) is 0 Å². The molecule has 0 spiro atoms. The van der Waals surface area contributed by atoms with Crippen molar-refractivity contribution < 1.29 is 59.9 Å². The Hall–Kier alpha value is -2.09. The number of hydrogen-bond acceptors (Lipinski definition) is 8. The zero-order valence-electron chi connectivity index (χ0n) is 22.6. The van der Waals surface area contributed by atoms with E-state index >= 15 is 0 Å². The Morgan fingerprint density at radius 2 is 1.51 bits per heavy atom. The largest absolute Gasteiger partial charge is 1.00 e. The van der Waals surface area contributed by atoms with E-state index in [2.05, 4.69) is 9.48 Å². The van der Waals surface area contributed by atoms with Gasteiger partial charge in [0.05, 0.1) is 15.9 Å². The fourth-order valence-corrected chi connectivity index (χ4v) is 5.87. The predicted molar refractivity (Wildman–Crippen MR) is 143 cm³/mol. The van der Waals surface area contributed by atoms with E-state index in [9.17, 15) is 25.9 Å². The molecule has 0 unspecified atom stereocenters. The summed E-state index contributed by atoms with van der Waals surface area (Å²) in [4.78, 5) is 0.538. The minimum atomic E-state index is -5.16. The van der Waals surface area contributed by atoms with Gasteiger partial charge < -0.3 is 18.4 Å². The van der Waals surface area contributed by atoms with Crippen LogP contribution in [0.2, 0.25) is 0 Å². The molecule has 1 aliphatic heterocycles. The number of benzene rings is 3. The van der Waals surface area contributed by atoms with Crippen molar-refractivity contribution in [1.82, 2.24) is 9.48 Å². The fraction of sp³-hybridized carbons (Fsp3) is 0.296. The van der Waals surface area contributed by atoms with Crippen LogP contribution in [-0.4, -0.2) is 57.5 Å². The first-order chi connectivity index (χ1) is 17.9. The van der Waals surface area contributed by atoms with Gasteiger partial charge in [0, 0.05) is 34.7 Å². The summed E-state index contributed by atoms with van der Waals surface area (Å²) < 4.78 is 80.3. The Morgan fingerprint density at radius 3 is 2.10 bits per heavy atom. The summed E-state index contributed by atoms with van der Waals surface area (Å²) in [6.07, 6.45) is 0. The summed E-state index contributed by atoms with van der Waals surface area (Å²) in [5.74, 6) is 0.465. The van der Waals surface area contributed by atoms with Crippen molar-refractivity contribution in [3.8, 4) is 22.5 Å². The molecule has 0 radical (unpaired) electrons. The molecule has 0 saturated carbocycles. The topological polar surface area (TPSA) is 134 Å². The summed E-state index contributed by atoms with van der Waals surface area (Å²) in [6.45, 7) is 9.13. The van der Waals surface area contributed by atoms with Gasteiger partial charge in [0.2, 0.25) is 5.36 Å². The first-order valence-electron chi connectivity index (χ1n) is 12.2. The van der Waals surface area contributed by atoms with Crippen LogP contribution in [0.5, 0.6) is 0 Å². The van der Waals surface area contributed by atoms with Crippen molar-refractivity contribution in [2.45, 2.75) is 37.1 Å². The molecule has 0 bridgehead atoms. The van der Waals surface area contributed by atoms with E-state index < -0.39 is 30.0 Å². The molecule has 12 heteroatoms. The zero-order chi connectivity index (χ0) is 27.8. The summed E-state index contributed by atoms with van der Waals surface area (Å²) in [5.41, 5.74) is 2.37. The molecule has 2 aromatic rings. The molecule has 0 atom stereocenters. The van der Waals surface area contributed by atoms with Crippen molar-refractivity contribution in [2.75, 3.05) is 26.7 Å². The quantitative estimate of drug-likeness (QED) is 0.126. The fourth-order valence-electron chi connectivity index (χ4n) is 4.59. The SMILES string of the molecule is CCN(C)Cc1ccc2c(-c3ccc(S(=O)(=O)[O-])cc3S(=O)(=O)[O-])c3ccc(=[N+](CC)CC)cc-3oc2c1.[Na+]. The molecule has 2 aromatic carbocycles. The number of hydrogen-bond donors (Lipinski definition) is 0. The average molecular weight is 581 g/mol. The Morgan fingerprint density at radius 1 is 0.846 bits per heavy atom. The molecule has 0 fully saturated rings. The summed E-state index contributed by atoms with van der Waals surface area (Å²) >= 11 is 0. The van der Waals surface area contributed by atoms with Gasteiger partial charge >= 0.3 is 29.6 Å². The maximum absolute atomic E-state index is 12.3. The third kappa shape index (κ3) is 6.63. The Bertz CT molecular complexity index is 1780. The van der Waals surface area contributed by atoms with Crippen molar-refractivity contribution in [3.63, 3.8) is 0 Å². The van der Waals surface area contributed by atoms with Gasteiger partial charge in [-0.05, 0) is 57.3 Å². The van der Waals surface area contributed by atoms with Gasteiger partial charge in [-0.3, -0.25) is 0 Å². The summed E-state index contributed by atoms with van der Waals surface area (Å²) in [7, 11) is -8.16. The van der Waals surface area contributed by atoms with Crippen LogP contribution >= 0.6 is 0 Å². The molecule has 1 heterocycles. The van der Waals surface area contributed by atoms with E-state index in [-0.39, 0.29) is 35.1 Å². The van der Waals surface area contributed by atoms with E-state index in [0.717, 1.165) is 36.6 Å². The molecule has 4 rings (SSSR count). The normalized spacial score (nSPS) is 12.2. The second-order valence-electron chi connectivity index (χ2n) is 9.06. The van der Waals surface area contributed by atoms with Crippen LogP contribution < -0.4 is 39.5 Å². The van der Waals surface area contributed by atoms with Gasteiger partial charge in [0.25, 0.3) is 0 Å². The number of nitrogens with zero attached hydrogens (tertiary/aromatic N) is 2. The van der Waals surface area contributed by atoms with Crippen LogP contribution in [0.3, 0.4) is 0 Å². The zero-order valence-corrected chi connectivity index (χ0v) is 26.2. The van der Waals surface area contributed by atoms with Gasteiger partial charge in [0.15, 0.2) is 0 Å². The van der Waals surface area contributed by atoms with Crippen LogP contribution in [0.15, 0.2) is 68.8 Å².